The van der Waals surface area contributed by atoms with Gasteiger partial charge < -0.3 is 4.90 Å². The fraction of sp³-hybridized carbons (Fsp3) is 0.269. The van der Waals surface area contributed by atoms with Crippen molar-refractivity contribution >= 4 is 27.5 Å². The molecule has 56 heavy (non-hydrogen) atoms. The van der Waals surface area contributed by atoms with E-state index in [0.717, 1.165) is 44.3 Å². The number of hydrogen-bond acceptors (Lipinski definition) is 3. The average molecular weight is 729 g/mol. The average Bonchev–Trinajstić information content (AvgIpc) is 3.69. The van der Waals surface area contributed by atoms with Crippen LogP contribution in [0.5, 0.6) is 0 Å². The number of rotatable bonds is 5. The Hall–Kier alpha value is -5.74. The number of fused-ring (bicyclic) bond motifs is 8. The first-order valence-corrected chi connectivity index (χ1v) is 20.6. The lowest BCUT2D eigenvalue weighted by Crippen LogP contribution is -2.35. The molecule has 0 radical (unpaired) electrons. The van der Waals surface area contributed by atoms with Gasteiger partial charge in [-0.3, -0.25) is 9.55 Å². The van der Waals surface area contributed by atoms with Crippen molar-refractivity contribution < 1.29 is 0 Å². The van der Waals surface area contributed by atoms with Crippen LogP contribution < -0.4 is 4.90 Å². The molecular formula is C52H48N4. The maximum atomic E-state index is 4.93. The van der Waals surface area contributed by atoms with Crippen molar-refractivity contribution in [2.75, 3.05) is 4.90 Å². The summed E-state index contributed by atoms with van der Waals surface area (Å²) in [6.07, 6.45) is 36.4. The zero-order valence-electron chi connectivity index (χ0n) is 32.9. The molecule has 4 heterocycles. The maximum absolute atomic E-state index is 4.93. The molecule has 1 aliphatic heterocycles. The Morgan fingerprint density at radius 2 is 1.59 bits per heavy atom. The van der Waals surface area contributed by atoms with Gasteiger partial charge in [0.15, 0.2) is 0 Å². The van der Waals surface area contributed by atoms with Crippen LogP contribution in [0.2, 0.25) is 0 Å². The predicted octanol–water partition coefficient (Wildman–Crippen LogP) is 12.7. The van der Waals surface area contributed by atoms with Crippen molar-refractivity contribution in [1.29, 1.82) is 0 Å². The summed E-state index contributed by atoms with van der Waals surface area (Å²) in [5, 5.41) is 2.40. The molecule has 1 saturated carbocycles. The third-order valence-corrected chi connectivity index (χ3v) is 13.9. The van der Waals surface area contributed by atoms with Crippen molar-refractivity contribution in [3.63, 3.8) is 0 Å². The minimum Gasteiger partial charge on any atom is -0.338 e. The Balaban J connectivity index is 0.989. The molecule has 11 rings (SSSR count). The van der Waals surface area contributed by atoms with Crippen LogP contribution in [-0.2, 0) is 5.41 Å². The summed E-state index contributed by atoms with van der Waals surface area (Å²) in [6.45, 7) is 9.46. The number of benzene rings is 2. The third kappa shape index (κ3) is 4.90. The Morgan fingerprint density at radius 1 is 0.750 bits per heavy atom. The van der Waals surface area contributed by atoms with Gasteiger partial charge in [-0.2, -0.15) is 0 Å². The SMILES string of the molecule is CC1(C)C2=CC(N(C3=CC=C(C4=CC=CCC4)CC3)c3ccc(-c4ccc5c(c4)c4cncc6c4n5-c4ncccc4C6(C)C)cc3)CC=C2C2CC=CC=C21. The molecule has 0 bridgehead atoms. The van der Waals surface area contributed by atoms with Gasteiger partial charge in [-0.05, 0) is 108 Å². The number of aromatic nitrogens is 3. The molecule has 4 nitrogen and oxygen atoms in total. The summed E-state index contributed by atoms with van der Waals surface area (Å²) in [5.74, 6) is 1.55. The first-order valence-electron chi connectivity index (χ1n) is 20.6. The molecule has 0 spiro atoms. The molecule has 0 saturated heterocycles. The zero-order chi connectivity index (χ0) is 37.8. The quantitative estimate of drug-likeness (QED) is 0.181. The van der Waals surface area contributed by atoms with E-state index in [9.17, 15) is 0 Å². The molecular weight excluding hydrogens is 681 g/mol. The summed E-state index contributed by atoms with van der Waals surface area (Å²) < 4.78 is 2.36. The fourth-order valence-corrected chi connectivity index (χ4v) is 10.9. The second-order valence-electron chi connectivity index (χ2n) is 17.6. The number of nitrogens with zero attached hydrogens (tertiary/aromatic N) is 4. The molecule has 2 aromatic carbocycles. The van der Waals surface area contributed by atoms with Crippen molar-refractivity contribution in [1.82, 2.24) is 14.5 Å². The summed E-state index contributed by atoms with van der Waals surface area (Å²) in [5.41, 5.74) is 17.5. The predicted molar refractivity (Wildman–Crippen MR) is 232 cm³/mol. The lowest BCUT2D eigenvalue weighted by Gasteiger charge is -2.38. The van der Waals surface area contributed by atoms with Gasteiger partial charge in [-0.1, -0.05) is 112 Å². The summed E-state index contributed by atoms with van der Waals surface area (Å²) >= 11 is 0. The second-order valence-corrected chi connectivity index (χ2v) is 17.6. The van der Waals surface area contributed by atoms with Crippen molar-refractivity contribution in [3.05, 3.63) is 179 Å². The van der Waals surface area contributed by atoms with Crippen LogP contribution in [0.3, 0.4) is 0 Å². The van der Waals surface area contributed by atoms with Crippen LogP contribution in [0.1, 0.15) is 77.3 Å². The second kappa shape index (κ2) is 12.4. The molecule has 2 unspecified atom stereocenters. The number of allylic oxidation sites excluding steroid dienone is 14. The molecule has 276 valence electrons. The summed E-state index contributed by atoms with van der Waals surface area (Å²) in [7, 11) is 0. The molecule has 4 heteroatoms. The van der Waals surface area contributed by atoms with Gasteiger partial charge >= 0.3 is 0 Å². The molecule has 2 atom stereocenters. The van der Waals surface area contributed by atoms with Gasteiger partial charge in [0, 0.05) is 68.6 Å². The Kier molecular flexibility index (Phi) is 7.43. The van der Waals surface area contributed by atoms with E-state index in [4.69, 9.17) is 9.97 Å². The van der Waals surface area contributed by atoms with Gasteiger partial charge in [0.1, 0.15) is 5.82 Å². The van der Waals surface area contributed by atoms with Crippen LogP contribution in [-0.4, -0.2) is 20.6 Å². The van der Waals surface area contributed by atoms with Gasteiger partial charge in [0.25, 0.3) is 0 Å². The first kappa shape index (κ1) is 33.6. The zero-order valence-corrected chi connectivity index (χ0v) is 32.9. The van der Waals surface area contributed by atoms with Crippen molar-refractivity contribution in [3.8, 4) is 16.9 Å². The van der Waals surface area contributed by atoms with Crippen LogP contribution in [0.15, 0.2) is 168 Å². The van der Waals surface area contributed by atoms with E-state index in [1.54, 1.807) is 11.1 Å². The van der Waals surface area contributed by atoms with Crippen LogP contribution in [0.25, 0.3) is 38.8 Å². The van der Waals surface area contributed by atoms with E-state index < -0.39 is 0 Å². The number of anilines is 1. The van der Waals surface area contributed by atoms with Gasteiger partial charge in [0.05, 0.1) is 17.1 Å². The van der Waals surface area contributed by atoms with Crippen molar-refractivity contribution in [2.45, 2.75) is 77.7 Å². The monoisotopic (exact) mass is 728 g/mol. The first-order chi connectivity index (χ1) is 27.3. The highest BCUT2D eigenvalue weighted by molar-refractivity contribution is 6.12. The molecule has 6 aliphatic rings. The van der Waals surface area contributed by atoms with E-state index in [2.05, 4.69) is 159 Å². The van der Waals surface area contributed by atoms with Crippen LogP contribution in [0.4, 0.5) is 5.69 Å². The van der Waals surface area contributed by atoms with Crippen LogP contribution >= 0.6 is 0 Å². The Morgan fingerprint density at radius 3 is 2.41 bits per heavy atom. The lowest BCUT2D eigenvalue weighted by molar-refractivity contribution is 0.540. The third-order valence-electron chi connectivity index (χ3n) is 13.9. The smallest absolute Gasteiger partial charge is 0.141 e. The van der Waals surface area contributed by atoms with E-state index >= 15 is 0 Å². The molecule has 1 fully saturated rings. The molecule has 0 N–H and O–H groups in total. The fourth-order valence-electron chi connectivity index (χ4n) is 10.9. The molecule has 5 aromatic rings. The number of pyridine rings is 2. The topological polar surface area (TPSA) is 34.0 Å². The highest BCUT2D eigenvalue weighted by atomic mass is 15.2. The molecule has 3 aromatic heterocycles. The minimum absolute atomic E-state index is 0.0376. The molecule has 5 aliphatic carbocycles. The maximum Gasteiger partial charge on any atom is 0.141 e. The number of hydrogen-bond donors (Lipinski definition) is 0. The Bertz CT molecular complexity index is 2750. The van der Waals surface area contributed by atoms with Gasteiger partial charge in [-0.15, -0.1) is 0 Å². The van der Waals surface area contributed by atoms with Crippen LogP contribution in [0, 0.1) is 11.3 Å². The van der Waals surface area contributed by atoms with E-state index in [0.29, 0.717) is 5.92 Å². The normalized spacial score (nSPS) is 22.6. The minimum atomic E-state index is -0.188. The summed E-state index contributed by atoms with van der Waals surface area (Å²) in [6, 6.07) is 20.8. The lowest BCUT2D eigenvalue weighted by atomic mass is 9.76. The van der Waals surface area contributed by atoms with Gasteiger partial charge in [-0.25, -0.2) is 4.98 Å². The largest absolute Gasteiger partial charge is 0.338 e. The van der Waals surface area contributed by atoms with Crippen molar-refractivity contribution in [2.24, 2.45) is 11.3 Å². The van der Waals surface area contributed by atoms with E-state index in [1.807, 2.05) is 12.4 Å². The molecule has 0 amide bonds. The Labute approximate surface area is 330 Å². The van der Waals surface area contributed by atoms with E-state index in [1.165, 1.54) is 72.2 Å². The highest BCUT2D eigenvalue weighted by Gasteiger charge is 2.46. The standard InChI is InChI=1S/C52H48N4/c1-51(2)44-14-9-8-13-40(44)41-26-25-39(30-46(41)51)55(37-21-16-34(17-22-37)33-11-6-5-7-12-33)38-23-18-35(19-24-38)36-20-27-48-42(29-36)43-31-53-32-47-49(43)56(48)50-45(52(47,3)4)15-10-28-54-50/h5-6,8-11,14-16,18-21,23-24,26-32,39-40H,7,12-13,17,22,25H2,1-4H3. The summed E-state index contributed by atoms with van der Waals surface area (Å²) in [4.78, 5) is 12.4. The van der Waals surface area contributed by atoms with E-state index in [-0.39, 0.29) is 16.9 Å². The highest BCUT2D eigenvalue weighted by Crippen LogP contribution is 2.57. The van der Waals surface area contributed by atoms with Gasteiger partial charge in [0.2, 0.25) is 0 Å².